The van der Waals surface area contributed by atoms with Crippen LogP contribution in [0.25, 0.3) is 0 Å². The second kappa shape index (κ2) is 6.23. The summed E-state index contributed by atoms with van der Waals surface area (Å²) in [7, 11) is 0. The first-order valence-corrected chi connectivity index (χ1v) is 6.65. The largest absolute Gasteiger partial charge is 0.385 e. The van der Waals surface area contributed by atoms with Gasteiger partial charge in [-0.2, -0.15) is 0 Å². The molecular weight excluding hydrogens is 254 g/mol. The molecule has 0 bridgehead atoms. The molecule has 2 aromatic rings. The Balaban J connectivity index is 2.01. The number of hydrogen-bond acceptors (Lipinski definition) is 4. The Morgan fingerprint density at radius 3 is 2.70 bits per heavy atom. The molecule has 5 heteroatoms. The van der Waals surface area contributed by atoms with Crippen molar-refractivity contribution in [3.63, 3.8) is 0 Å². The lowest BCUT2D eigenvalue weighted by molar-refractivity contribution is 0.0949. The predicted molar refractivity (Wildman–Crippen MR) is 77.8 cm³/mol. The molecule has 2 rings (SSSR count). The summed E-state index contributed by atoms with van der Waals surface area (Å²) in [6.45, 7) is 7.01. The molecule has 0 aliphatic heterocycles. The van der Waals surface area contributed by atoms with Gasteiger partial charge >= 0.3 is 0 Å². The zero-order valence-electron chi connectivity index (χ0n) is 12.0. The number of nitrogens with zero attached hydrogens (tertiary/aromatic N) is 1. The number of aryl methyl sites for hydroxylation is 2. The van der Waals surface area contributed by atoms with E-state index in [1.54, 1.807) is 6.07 Å². The maximum absolute atomic E-state index is 12.1. The molecule has 106 valence electrons. The van der Waals surface area contributed by atoms with Gasteiger partial charge in [0.1, 0.15) is 11.5 Å². The second-order valence-corrected chi connectivity index (χ2v) is 4.67. The summed E-state index contributed by atoms with van der Waals surface area (Å²) in [5.41, 5.74) is 3.36. The lowest BCUT2D eigenvalue weighted by Crippen LogP contribution is -2.23. The van der Waals surface area contributed by atoms with E-state index < -0.39 is 0 Å². The van der Waals surface area contributed by atoms with Crippen molar-refractivity contribution in [1.29, 1.82) is 0 Å². The molecule has 0 unspecified atom stereocenters. The lowest BCUT2D eigenvalue weighted by Gasteiger charge is -2.09. The number of nitrogens with one attached hydrogen (secondary N) is 2. The molecule has 1 heterocycles. The van der Waals surface area contributed by atoms with Crippen molar-refractivity contribution >= 4 is 11.6 Å². The van der Waals surface area contributed by atoms with E-state index in [0.717, 1.165) is 29.2 Å². The first-order chi connectivity index (χ1) is 9.60. The number of hydrogen-bond donors (Lipinski definition) is 2. The number of carbonyl (C=O) groups excluding carboxylic acids is 1. The fourth-order valence-electron chi connectivity index (χ4n) is 2.00. The zero-order chi connectivity index (χ0) is 14.5. The van der Waals surface area contributed by atoms with Crippen molar-refractivity contribution in [3.8, 4) is 0 Å². The summed E-state index contributed by atoms with van der Waals surface area (Å²) in [4.78, 5) is 12.1. The van der Waals surface area contributed by atoms with Crippen molar-refractivity contribution < 1.29 is 9.32 Å². The Morgan fingerprint density at radius 1 is 1.30 bits per heavy atom. The molecule has 1 amide bonds. The fourth-order valence-corrected chi connectivity index (χ4v) is 2.00. The van der Waals surface area contributed by atoms with Gasteiger partial charge in [-0.1, -0.05) is 5.16 Å². The molecule has 0 saturated heterocycles. The number of amides is 1. The smallest absolute Gasteiger partial charge is 0.251 e. The van der Waals surface area contributed by atoms with Crippen LogP contribution >= 0.6 is 0 Å². The van der Waals surface area contributed by atoms with E-state index in [9.17, 15) is 4.79 Å². The summed E-state index contributed by atoms with van der Waals surface area (Å²) in [5, 5.41) is 9.90. The molecule has 0 atom stereocenters. The van der Waals surface area contributed by atoms with Crippen LogP contribution in [0.1, 0.15) is 34.3 Å². The molecule has 2 N–H and O–H groups in total. The summed E-state index contributed by atoms with van der Waals surface area (Å²) >= 11 is 0. The molecule has 0 saturated carbocycles. The average Bonchev–Trinajstić information content (AvgIpc) is 2.82. The quantitative estimate of drug-likeness (QED) is 0.879. The van der Waals surface area contributed by atoms with Crippen LogP contribution in [0.4, 0.5) is 5.69 Å². The van der Waals surface area contributed by atoms with Gasteiger partial charge in [0.2, 0.25) is 0 Å². The van der Waals surface area contributed by atoms with Crippen LogP contribution in [0, 0.1) is 13.8 Å². The average molecular weight is 273 g/mol. The van der Waals surface area contributed by atoms with Gasteiger partial charge < -0.3 is 15.2 Å². The van der Waals surface area contributed by atoms with Crippen LogP contribution in [0.5, 0.6) is 0 Å². The number of rotatable bonds is 5. The van der Waals surface area contributed by atoms with Gasteiger partial charge in [0.25, 0.3) is 5.91 Å². The van der Waals surface area contributed by atoms with Gasteiger partial charge in [0.15, 0.2) is 0 Å². The van der Waals surface area contributed by atoms with E-state index in [2.05, 4.69) is 15.8 Å². The molecule has 5 nitrogen and oxygen atoms in total. The SMILES string of the molecule is CCNc1ccc(C(=O)NCc2cc(C)on2)c(C)c1. The first-order valence-electron chi connectivity index (χ1n) is 6.65. The van der Waals surface area contributed by atoms with Crippen LogP contribution in [0.3, 0.4) is 0 Å². The van der Waals surface area contributed by atoms with E-state index in [4.69, 9.17) is 4.52 Å². The van der Waals surface area contributed by atoms with E-state index in [0.29, 0.717) is 12.1 Å². The molecular formula is C15H19N3O2. The number of benzene rings is 1. The third kappa shape index (κ3) is 3.38. The third-order valence-electron chi connectivity index (χ3n) is 2.96. The molecule has 20 heavy (non-hydrogen) atoms. The zero-order valence-corrected chi connectivity index (χ0v) is 12.0. The van der Waals surface area contributed by atoms with E-state index in [-0.39, 0.29) is 5.91 Å². The number of aromatic nitrogens is 1. The Morgan fingerprint density at radius 2 is 2.10 bits per heavy atom. The van der Waals surface area contributed by atoms with Gasteiger partial charge in [0, 0.05) is 23.9 Å². The van der Waals surface area contributed by atoms with Gasteiger partial charge in [-0.15, -0.1) is 0 Å². The van der Waals surface area contributed by atoms with Crippen molar-refractivity contribution in [2.24, 2.45) is 0 Å². The number of anilines is 1. The van der Waals surface area contributed by atoms with Crippen LogP contribution in [-0.2, 0) is 6.54 Å². The number of carbonyl (C=O) groups is 1. The minimum Gasteiger partial charge on any atom is -0.385 e. The van der Waals surface area contributed by atoms with Crippen molar-refractivity contribution in [3.05, 3.63) is 46.8 Å². The fraction of sp³-hybridized carbons (Fsp3) is 0.333. The predicted octanol–water partition coefficient (Wildman–Crippen LogP) is 2.65. The highest BCUT2D eigenvalue weighted by Crippen LogP contribution is 2.15. The Labute approximate surface area is 118 Å². The summed E-state index contributed by atoms with van der Waals surface area (Å²) in [6.07, 6.45) is 0. The first kappa shape index (κ1) is 14.1. The molecule has 1 aromatic heterocycles. The van der Waals surface area contributed by atoms with Crippen LogP contribution < -0.4 is 10.6 Å². The maximum Gasteiger partial charge on any atom is 0.251 e. The lowest BCUT2D eigenvalue weighted by atomic mass is 10.1. The topological polar surface area (TPSA) is 67.2 Å². The Kier molecular flexibility index (Phi) is 4.40. The Bertz CT molecular complexity index is 605. The van der Waals surface area contributed by atoms with E-state index in [1.807, 2.05) is 39.0 Å². The highest BCUT2D eigenvalue weighted by molar-refractivity contribution is 5.96. The minimum atomic E-state index is -0.105. The van der Waals surface area contributed by atoms with Gasteiger partial charge in [-0.3, -0.25) is 4.79 Å². The van der Waals surface area contributed by atoms with Gasteiger partial charge in [-0.05, 0) is 44.5 Å². The van der Waals surface area contributed by atoms with Crippen LogP contribution in [0.2, 0.25) is 0 Å². The minimum absolute atomic E-state index is 0.105. The van der Waals surface area contributed by atoms with E-state index >= 15 is 0 Å². The van der Waals surface area contributed by atoms with E-state index in [1.165, 1.54) is 0 Å². The molecule has 0 aliphatic rings. The molecule has 0 spiro atoms. The van der Waals surface area contributed by atoms with Crippen molar-refractivity contribution in [2.45, 2.75) is 27.3 Å². The highest BCUT2D eigenvalue weighted by Gasteiger charge is 2.10. The summed E-state index contributed by atoms with van der Waals surface area (Å²) in [5.74, 6) is 0.631. The summed E-state index contributed by atoms with van der Waals surface area (Å²) < 4.78 is 4.96. The molecule has 0 radical (unpaired) electrons. The maximum atomic E-state index is 12.1. The molecule has 0 fully saturated rings. The van der Waals surface area contributed by atoms with Gasteiger partial charge in [-0.25, -0.2) is 0 Å². The van der Waals surface area contributed by atoms with Crippen molar-refractivity contribution in [2.75, 3.05) is 11.9 Å². The standard InChI is InChI=1S/C15H19N3O2/c1-4-16-12-5-6-14(10(2)7-12)15(19)17-9-13-8-11(3)20-18-13/h5-8,16H,4,9H2,1-3H3,(H,17,19). The summed E-state index contributed by atoms with van der Waals surface area (Å²) in [6, 6.07) is 7.52. The van der Waals surface area contributed by atoms with Crippen LogP contribution in [-0.4, -0.2) is 17.6 Å². The Hall–Kier alpha value is -2.30. The monoisotopic (exact) mass is 273 g/mol. The van der Waals surface area contributed by atoms with Gasteiger partial charge in [0.05, 0.1) is 6.54 Å². The molecule has 0 aliphatic carbocycles. The molecule has 1 aromatic carbocycles. The van der Waals surface area contributed by atoms with Crippen molar-refractivity contribution in [1.82, 2.24) is 10.5 Å². The normalized spacial score (nSPS) is 10.3. The highest BCUT2D eigenvalue weighted by atomic mass is 16.5. The third-order valence-corrected chi connectivity index (χ3v) is 2.96. The van der Waals surface area contributed by atoms with Crippen LogP contribution in [0.15, 0.2) is 28.8 Å². The second-order valence-electron chi connectivity index (χ2n) is 4.67.